The minimum Gasteiger partial charge on any atom is -0.456 e. The second-order valence-electron chi connectivity index (χ2n) is 13.4. The van der Waals surface area contributed by atoms with E-state index in [0.29, 0.717) is 17.5 Å². The van der Waals surface area contributed by atoms with Gasteiger partial charge in [0.1, 0.15) is 22.2 Å². The summed E-state index contributed by atoms with van der Waals surface area (Å²) in [4.78, 5) is 17.3. The molecule has 3 aromatic heterocycles. The lowest BCUT2D eigenvalue weighted by molar-refractivity contribution is 0.669. The molecule has 0 amide bonds. The largest absolute Gasteiger partial charge is 0.456 e. The summed E-state index contributed by atoms with van der Waals surface area (Å²) in [6.45, 7) is 0. The lowest BCUT2D eigenvalue weighted by Crippen LogP contribution is -2.01. The maximum atomic E-state index is 6.28. The van der Waals surface area contributed by atoms with E-state index < -0.39 is 0 Å². The van der Waals surface area contributed by atoms with Crippen LogP contribution in [0.1, 0.15) is 0 Å². The number of furan rings is 1. The summed E-state index contributed by atoms with van der Waals surface area (Å²) in [5.74, 6) is 1.75. The summed E-state index contributed by atoms with van der Waals surface area (Å²) in [6, 6.07) is 57.7. The first-order valence-electron chi connectivity index (χ1n) is 17.9. The van der Waals surface area contributed by atoms with Gasteiger partial charge in [0, 0.05) is 32.8 Å². The van der Waals surface area contributed by atoms with Crippen molar-refractivity contribution in [3.63, 3.8) is 0 Å². The molecule has 0 radical (unpaired) electrons. The third-order valence-electron chi connectivity index (χ3n) is 10.1. The van der Waals surface area contributed by atoms with Crippen LogP contribution in [0.15, 0.2) is 174 Å². The first kappa shape index (κ1) is 30.1. The molecule has 0 unspecified atom stereocenters. The van der Waals surface area contributed by atoms with Gasteiger partial charge in [-0.05, 0) is 63.7 Å². The van der Waals surface area contributed by atoms with Crippen molar-refractivity contribution in [3.8, 4) is 51.0 Å². The molecule has 0 aliphatic heterocycles. The Hall–Kier alpha value is -7.51. The highest BCUT2D eigenvalue weighted by Crippen LogP contribution is 2.39. The number of rotatable bonds is 5. The van der Waals surface area contributed by atoms with Crippen molar-refractivity contribution in [2.45, 2.75) is 0 Å². The molecule has 8 aromatic carbocycles. The third kappa shape index (κ3) is 4.87. The number of aromatic nitrogens is 6. The van der Waals surface area contributed by atoms with Crippen LogP contribution in [0.2, 0.25) is 0 Å². The highest BCUT2D eigenvalue weighted by molar-refractivity contribution is 6.18. The van der Waals surface area contributed by atoms with E-state index in [1.165, 1.54) is 0 Å². The van der Waals surface area contributed by atoms with Crippen LogP contribution in [0.4, 0.5) is 0 Å². The van der Waals surface area contributed by atoms with Gasteiger partial charge in [0.05, 0.1) is 5.69 Å². The first-order valence-corrected chi connectivity index (χ1v) is 17.9. The topological polar surface area (TPSA) is 82.5 Å². The highest BCUT2D eigenvalue weighted by Gasteiger charge is 2.20. The summed E-state index contributed by atoms with van der Waals surface area (Å²) in [5, 5.41) is 16.1. The molecule has 11 aromatic rings. The highest BCUT2D eigenvalue weighted by atomic mass is 16.3. The van der Waals surface area contributed by atoms with Crippen molar-refractivity contribution in [1.29, 1.82) is 0 Å². The fourth-order valence-electron chi connectivity index (χ4n) is 7.60. The van der Waals surface area contributed by atoms with Gasteiger partial charge in [-0.25, -0.2) is 15.0 Å². The zero-order valence-corrected chi connectivity index (χ0v) is 28.8. The summed E-state index contributed by atoms with van der Waals surface area (Å²) in [5.41, 5.74) is 9.05. The SMILES string of the molecule is c1ccc(-c2ccccc2-c2nc(-c3ccc4c(ccc5ccc6nn(-c7ccccc7)nc6c54)c3)nc(-c3cccc4oc5ccccc5c34)n2)cc1. The standard InChI is InChI=1S/C47H28N6O/c1-3-12-29(13-4-1)34-16-7-8-17-36(34)46-48-45(49-47(50-46)38-19-11-21-41-43(38)37-18-9-10-20-40(37)54-41)32-24-26-35-31(28-32)23-22-30-25-27-39-44(42(30)35)52-53(51-39)33-14-5-2-6-15-33/h1-28H. The van der Waals surface area contributed by atoms with Gasteiger partial charge in [-0.3, -0.25) is 0 Å². The Morgan fingerprint density at radius 2 is 1.07 bits per heavy atom. The molecule has 0 aliphatic carbocycles. The Kier molecular flexibility index (Phi) is 6.72. The van der Waals surface area contributed by atoms with E-state index in [1.54, 1.807) is 4.80 Å². The molecule has 0 bridgehead atoms. The lowest BCUT2D eigenvalue weighted by atomic mass is 9.98. The maximum Gasteiger partial charge on any atom is 0.164 e. The van der Waals surface area contributed by atoms with E-state index in [4.69, 9.17) is 29.6 Å². The Balaban J connectivity index is 1.13. The fraction of sp³-hybridized carbons (Fsp3) is 0. The molecule has 7 heteroatoms. The van der Waals surface area contributed by atoms with Gasteiger partial charge in [0.2, 0.25) is 0 Å². The molecule has 0 N–H and O–H groups in total. The quantitative estimate of drug-likeness (QED) is 0.167. The van der Waals surface area contributed by atoms with Crippen LogP contribution in [0.3, 0.4) is 0 Å². The Bertz CT molecular complexity index is 3220. The van der Waals surface area contributed by atoms with Gasteiger partial charge >= 0.3 is 0 Å². The van der Waals surface area contributed by atoms with Crippen LogP contribution >= 0.6 is 0 Å². The van der Waals surface area contributed by atoms with Crippen molar-refractivity contribution in [1.82, 2.24) is 29.9 Å². The summed E-state index contributed by atoms with van der Waals surface area (Å²) < 4.78 is 6.28. The second-order valence-corrected chi connectivity index (χ2v) is 13.4. The number of benzene rings is 8. The summed E-state index contributed by atoms with van der Waals surface area (Å²) >= 11 is 0. The molecule has 0 aliphatic rings. The second kappa shape index (κ2) is 12.0. The third-order valence-corrected chi connectivity index (χ3v) is 10.1. The van der Waals surface area contributed by atoms with Gasteiger partial charge in [-0.1, -0.05) is 133 Å². The molecule has 11 rings (SSSR count). The number of nitrogens with zero attached hydrogens (tertiary/aromatic N) is 6. The summed E-state index contributed by atoms with van der Waals surface area (Å²) in [7, 11) is 0. The van der Waals surface area contributed by atoms with Gasteiger partial charge in [-0.15, -0.1) is 10.2 Å². The Morgan fingerprint density at radius 3 is 1.94 bits per heavy atom. The van der Waals surface area contributed by atoms with Gasteiger partial charge in [-0.2, -0.15) is 4.80 Å². The Labute approximate surface area is 308 Å². The molecule has 0 saturated carbocycles. The normalized spacial score (nSPS) is 11.7. The molecular formula is C47H28N6O. The lowest BCUT2D eigenvalue weighted by Gasteiger charge is -2.13. The van der Waals surface area contributed by atoms with E-state index in [0.717, 1.165) is 88.0 Å². The van der Waals surface area contributed by atoms with Crippen molar-refractivity contribution in [2.24, 2.45) is 0 Å². The molecular weight excluding hydrogens is 665 g/mol. The molecule has 0 atom stereocenters. The van der Waals surface area contributed by atoms with Crippen LogP contribution < -0.4 is 0 Å². The average Bonchev–Trinajstić information content (AvgIpc) is 3.86. The van der Waals surface area contributed by atoms with E-state index >= 15 is 0 Å². The van der Waals surface area contributed by atoms with Gasteiger partial charge in [0.25, 0.3) is 0 Å². The minimum absolute atomic E-state index is 0.577. The minimum atomic E-state index is 0.577. The molecule has 7 nitrogen and oxygen atoms in total. The van der Waals surface area contributed by atoms with Crippen LogP contribution in [0.25, 0.3) is 105 Å². The number of hydrogen-bond acceptors (Lipinski definition) is 6. The van der Waals surface area contributed by atoms with Crippen LogP contribution in [-0.2, 0) is 0 Å². The molecule has 3 heterocycles. The molecule has 0 saturated heterocycles. The predicted molar refractivity (Wildman–Crippen MR) is 216 cm³/mol. The number of fused-ring (bicyclic) bond motifs is 8. The molecule has 0 fully saturated rings. The molecule has 54 heavy (non-hydrogen) atoms. The summed E-state index contributed by atoms with van der Waals surface area (Å²) in [6.07, 6.45) is 0. The Morgan fingerprint density at radius 1 is 0.407 bits per heavy atom. The average molecular weight is 693 g/mol. The number of hydrogen-bond donors (Lipinski definition) is 0. The maximum absolute atomic E-state index is 6.28. The van der Waals surface area contributed by atoms with E-state index in [9.17, 15) is 0 Å². The molecule has 0 spiro atoms. The monoisotopic (exact) mass is 692 g/mol. The van der Waals surface area contributed by atoms with Crippen molar-refractivity contribution >= 4 is 54.5 Å². The first-order chi connectivity index (χ1) is 26.7. The predicted octanol–water partition coefficient (Wildman–Crippen LogP) is 11.5. The van der Waals surface area contributed by atoms with Crippen LogP contribution in [0.5, 0.6) is 0 Å². The zero-order valence-electron chi connectivity index (χ0n) is 28.8. The van der Waals surface area contributed by atoms with Gasteiger partial charge in [0.15, 0.2) is 17.5 Å². The van der Waals surface area contributed by atoms with Crippen molar-refractivity contribution in [3.05, 3.63) is 170 Å². The van der Waals surface area contributed by atoms with Gasteiger partial charge < -0.3 is 4.42 Å². The van der Waals surface area contributed by atoms with E-state index in [1.807, 2.05) is 78.9 Å². The smallest absolute Gasteiger partial charge is 0.164 e. The number of para-hydroxylation sites is 2. The fourth-order valence-corrected chi connectivity index (χ4v) is 7.60. The van der Waals surface area contributed by atoms with Crippen molar-refractivity contribution in [2.75, 3.05) is 0 Å². The van der Waals surface area contributed by atoms with E-state index in [-0.39, 0.29) is 0 Å². The van der Waals surface area contributed by atoms with Crippen molar-refractivity contribution < 1.29 is 4.42 Å². The van der Waals surface area contributed by atoms with E-state index in [2.05, 4.69) is 91.0 Å². The van der Waals surface area contributed by atoms with Crippen LogP contribution in [-0.4, -0.2) is 29.9 Å². The molecule has 252 valence electrons. The van der Waals surface area contributed by atoms with Crippen LogP contribution in [0, 0.1) is 0 Å². The zero-order chi connectivity index (χ0) is 35.6.